The van der Waals surface area contributed by atoms with Crippen molar-refractivity contribution in [3.8, 4) is 16.9 Å². The summed E-state index contributed by atoms with van der Waals surface area (Å²) < 4.78 is 76.4. The van der Waals surface area contributed by atoms with Crippen LogP contribution < -0.4 is 5.14 Å². The predicted molar refractivity (Wildman–Crippen MR) is 87.5 cm³/mol. The van der Waals surface area contributed by atoms with Gasteiger partial charge in [-0.25, -0.2) is 17.9 Å². The van der Waals surface area contributed by atoms with Crippen LogP contribution in [0.25, 0.3) is 16.9 Å². The second kappa shape index (κ2) is 6.26. The Kier molecular flexibility index (Phi) is 4.37. The van der Waals surface area contributed by atoms with Crippen molar-refractivity contribution in [1.82, 2.24) is 4.57 Å². The predicted octanol–water partition coefficient (Wildman–Crippen LogP) is 3.95. The van der Waals surface area contributed by atoms with E-state index < -0.39 is 27.6 Å². The maximum absolute atomic E-state index is 13.1. The molecule has 9 heteroatoms. The molecule has 3 aromatic rings. The third kappa shape index (κ3) is 3.63. The minimum Gasteiger partial charge on any atom is -0.316 e. The van der Waals surface area contributed by atoms with Crippen LogP contribution in [0.15, 0.2) is 65.7 Å². The van der Waals surface area contributed by atoms with Crippen LogP contribution in [-0.4, -0.2) is 13.0 Å². The van der Waals surface area contributed by atoms with Gasteiger partial charge < -0.3 is 4.57 Å². The van der Waals surface area contributed by atoms with E-state index in [1.54, 1.807) is 0 Å². The van der Waals surface area contributed by atoms with Crippen LogP contribution in [0.1, 0.15) is 5.56 Å². The van der Waals surface area contributed by atoms with Crippen LogP contribution in [-0.2, 0) is 16.2 Å². The highest BCUT2D eigenvalue weighted by molar-refractivity contribution is 7.89. The molecule has 0 saturated carbocycles. The number of nitrogens with two attached hydrogens (primary N) is 1. The van der Waals surface area contributed by atoms with Crippen LogP contribution in [0, 0.1) is 5.82 Å². The summed E-state index contributed by atoms with van der Waals surface area (Å²) in [7, 11) is -3.92. The van der Waals surface area contributed by atoms with E-state index >= 15 is 0 Å². The molecule has 3 rings (SSSR count). The molecule has 0 atom stereocenters. The summed E-state index contributed by atoms with van der Waals surface area (Å²) in [6.45, 7) is 0. The Morgan fingerprint density at radius 3 is 2.00 bits per heavy atom. The quantitative estimate of drug-likeness (QED) is 0.695. The maximum atomic E-state index is 13.1. The zero-order valence-electron chi connectivity index (χ0n) is 13.0. The molecule has 0 radical (unpaired) electrons. The molecule has 136 valence electrons. The summed E-state index contributed by atoms with van der Waals surface area (Å²) in [5.74, 6) is -0.514. The molecule has 2 N–H and O–H groups in total. The molecule has 0 aliphatic carbocycles. The molecule has 26 heavy (non-hydrogen) atoms. The van der Waals surface area contributed by atoms with E-state index in [1.165, 1.54) is 41.0 Å². The number of primary sulfonamides is 1. The lowest BCUT2D eigenvalue weighted by atomic mass is 10.1. The largest absolute Gasteiger partial charge is 0.417 e. The zero-order chi connectivity index (χ0) is 19.1. The first-order valence-corrected chi connectivity index (χ1v) is 8.79. The van der Waals surface area contributed by atoms with Crippen molar-refractivity contribution >= 4 is 10.0 Å². The van der Waals surface area contributed by atoms with E-state index in [-0.39, 0.29) is 10.6 Å². The number of hydrogen-bond donors (Lipinski definition) is 1. The molecule has 0 aliphatic heterocycles. The van der Waals surface area contributed by atoms with Gasteiger partial charge in [0.1, 0.15) is 5.82 Å². The number of rotatable bonds is 3. The van der Waals surface area contributed by atoms with Crippen LogP contribution in [0.2, 0.25) is 0 Å². The van der Waals surface area contributed by atoms with Crippen molar-refractivity contribution in [3.05, 3.63) is 72.2 Å². The van der Waals surface area contributed by atoms with Crippen LogP contribution in [0.5, 0.6) is 0 Å². The Morgan fingerprint density at radius 2 is 1.50 bits per heavy atom. The molecule has 0 aliphatic rings. The fourth-order valence-electron chi connectivity index (χ4n) is 2.47. The summed E-state index contributed by atoms with van der Waals surface area (Å²) in [4.78, 5) is -0.159. The number of benzene rings is 2. The van der Waals surface area contributed by atoms with Gasteiger partial charge in [-0.1, -0.05) is 0 Å². The summed E-state index contributed by atoms with van der Waals surface area (Å²) in [6, 6.07) is 11.0. The fourth-order valence-corrected chi connectivity index (χ4v) is 2.99. The molecule has 0 unspecified atom stereocenters. The Hall–Kier alpha value is -2.65. The first-order valence-electron chi connectivity index (χ1n) is 7.24. The fraction of sp³-hybridized carbons (Fsp3) is 0.0588. The number of halogens is 4. The Labute approximate surface area is 146 Å². The third-order valence-electron chi connectivity index (χ3n) is 3.73. The van der Waals surface area contributed by atoms with Crippen molar-refractivity contribution < 1.29 is 26.0 Å². The molecule has 0 fully saturated rings. The summed E-state index contributed by atoms with van der Waals surface area (Å²) in [5, 5.41) is 5.02. The highest BCUT2D eigenvalue weighted by Crippen LogP contribution is 2.35. The van der Waals surface area contributed by atoms with Crippen LogP contribution >= 0.6 is 0 Å². The van der Waals surface area contributed by atoms with Gasteiger partial charge in [0.05, 0.1) is 16.2 Å². The normalized spacial score (nSPS) is 12.3. The van der Waals surface area contributed by atoms with Crippen molar-refractivity contribution in [1.29, 1.82) is 0 Å². The van der Waals surface area contributed by atoms with Gasteiger partial charge in [0.25, 0.3) is 0 Å². The van der Waals surface area contributed by atoms with Gasteiger partial charge in [-0.15, -0.1) is 0 Å². The molecule has 1 heterocycles. The first kappa shape index (κ1) is 18.2. The SMILES string of the molecule is NS(=O)(=O)c1ccc(-n2cc(C(F)(F)F)cc2-c2ccc(F)cc2)cc1. The number of alkyl halides is 3. The minimum absolute atomic E-state index is 0.159. The third-order valence-corrected chi connectivity index (χ3v) is 4.66. The Morgan fingerprint density at radius 1 is 0.923 bits per heavy atom. The van der Waals surface area contributed by atoms with Crippen molar-refractivity contribution in [2.75, 3.05) is 0 Å². The summed E-state index contributed by atoms with van der Waals surface area (Å²) in [5.41, 5.74) is -0.0299. The minimum atomic E-state index is -4.57. The topological polar surface area (TPSA) is 65.1 Å². The second-order valence-corrected chi connectivity index (χ2v) is 7.09. The highest BCUT2D eigenvalue weighted by Gasteiger charge is 2.33. The lowest BCUT2D eigenvalue weighted by molar-refractivity contribution is -0.137. The average Bonchev–Trinajstić information content (AvgIpc) is 3.00. The summed E-state index contributed by atoms with van der Waals surface area (Å²) >= 11 is 0. The van der Waals surface area contributed by atoms with Gasteiger partial charge in [-0.05, 0) is 60.2 Å². The second-order valence-electron chi connectivity index (χ2n) is 5.53. The molecule has 0 saturated heterocycles. The van der Waals surface area contributed by atoms with E-state index in [0.717, 1.165) is 24.4 Å². The molecular formula is C17H12F4N2O2S. The van der Waals surface area contributed by atoms with Gasteiger partial charge in [0, 0.05) is 11.9 Å². The summed E-state index contributed by atoms with van der Waals surface area (Å²) in [6.07, 6.45) is -3.68. The number of aromatic nitrogens is 1. The smallest absolute Gasteiger partial charge is 0.316 e. The molecule has 0 bridgehead atoms. The van der Waals surface area contributed by atoms with E-state index in [4.69, 9.17) is 5.14 Å². The number of sulfonamides is 1. The van der Waals surface area contributed by atoms with Gasteiger partial charge in [-0.3, -0.25) is 0 Å². The van der Waals surface area contributed by atoms with Crippen LogP contribution in [0.4, 0.5) is 17.6 Å². The lowest BCUT2D eigenvalue weighted by Gasteiger charge is -2.10. The van der Waals surface area contributed by atoms with Crippen molar-refractivity contribution in [3.63, 3.8) is 0 Å². The average molecular weight is 384 g/mol. The molecule has 0 spiro atoms. The lowest BCUT2D eigenvalue weighted by Crippen LogP contribution is -2.12. The molecule has 2 aromatic carbocycles. The van der Waals surface area contributed by atoms with Crippen molar-refractivity contribution in [2.45, 2.75) is 11.1 Å². The van der Waals surface area contributed by atoms with E-state index in [1.807, 2.05) is 0 Å². The van der Waals surface area contributed by atoms with E-state index in [2.05, 4.69) is 0 Å². The molecular weight excluding hydrogens is 372 g/mol. The van der Waals surface area contributed by atoms with E-state index in [9.17, 15) is 26.0 Å². The van der Waals surface area contributed by atoms with Gasteiger partial charge >= 0.3 is 6.18 Å². The number of nitrogens with zero attached hydrogens (tertiary/aromatic N) is 1. The molecule has 4 nitrogen and oxygen atoms in total. The number of hydrogen-bond acceptors (Lipinski definition) is 2. The van der Waals surface area contributed by atoms with E-state index in [0.29, 0.717) is 11.3 Å². The molecule has 0 amide bonds. The maximum Gasteiger partial charge on any atom is 0.417 e. The standard InChI is InChI=1S/C17H12F4N2O2S/c18-13-3-1-11(2-4-13)16-9-12(17(19,20)21)10-23(16)14-5-7-15(8-6-14)26(22,24)25/h1-10H,(H2,22,24,25). The molecule has 1 aromatic heterocycles. The Balaban J connectivity index is 2.16. The van der Waals surface area contributed by atoms with Crippen LogP contribution in [0.3, 0.4) is 0 Å². The van der Waals surface area contributed by atoms with Gasteiger partial charge in [0.15, 0.2) is 0 Å². The van der Waals surface area contributed by atoms with Gasteiger partial charge in [-0.2, -0.15) is 13.2 Å². The highest BCUT2D eigenvalue weighted by atomic mass is 32.2. The van der Waals surface area contributed by atoms with Crippen molar-refractivity contribution in [2.24, 2.45) is 5.14 Å². The monoisotopic (exact) mass is 384 g/mol. The zero-order valence-corrected chi connectivity index (χ0v) is 13.9. The first-order chi connectivity index (χ1) is 12.1. The van der Waals surface area contributed by atoms with Gasteiger partial charge in [0.2, 0.25) is 10.0 Å². The Bertz CT molecular complexity index is 1040.